The average molecular weight is 927 g/mol. The molecular weight excluding hydrogens is 892 g/mol. The third-order valence-corrected chi connectivity index (χ3v) is 13.9. The first-order chi connectivity index (χ1) is 27.3. The van der Waals surface area contributed by atoms with Crippen LogP contribution in [0, 0.1) is 20.8 Å². The lowest BCUT2D eigenvalue weighted by atomic mass is 10.2. The van der Waals surface area contributed by atoms with Gasteiger partial charge in [0.15, 0.2) is 0 Å². The van der Waals surface area contributed by atoms with Crippen LogP contribution in [0.15, 0.2) is 180 Å². The molecule has 7 aromatic carbocycles. The SMILES string of the molecule is Cc1cc(Br)ccc1Oc1ccc(S(=O)(=O)c2ccc(Oc3ccc(Oc4ccc(S(=O)(=O)c5ccc(Oc6cccc(Br)c6C)cc5)cc4)c(C)c3)cc2)cc1. The van der Waals surface area contributed by atoms with E-state index in [-0.39, 0.29) is 19.6 Å². The number of halogens is 2. The highest BCUT2D eigenvalue weighted by Gasteiger charge is 2.20. The highest BCUT2D eigenvalue weighted by Crippen LogP contribution is 2.35. The molecule has 0 saturated heterocycles. The van der Waals surface area contributed by atoms with E-state index >= 15 is 0 Å². The first-order valence-electron chi connectivity index (χ1n) is 17.5. The number of ether oxygens (including phenoxy) is 4. The molecule has 0 aromatic heterocycles. The molecule has 0 aliphatic heterocycles. The van der Waals surface area contributed by atoms with Gasteiger partial charge in [0.1, 0.15) is 46.0 Å². The number of hydrogen-bond acceptors (Lipinski definition) is 8. The van der Waals surface area contributed by atoms with Crippen LogP contribution in [-0.2, 0) is 19.7 Å². The lowest BCUT2D eigenvalue weighted by molar-refractivity contribution is 0.465. The zero-order valence-corrected chi connectivity index (χ0v) is 35.6. The van der Waals surface area contributed by atoms with E-state index in [1.807, 2.05) is 57.2 Å². The van der Waals surface area contributed by atoms with E-state index in [9.17, 15) is 16.8 Å². The zero-order chi connectivity index (χ0) is 40.3. The van der Waals surface area contributed by atoms with Crippen molar-refractivity contribution in [1.29, 1.82) is 0 Å². The van der Waals surface area contributed by atoms with Crippen molar-refractivity contribution in [1.82, 2.24) is 0 Å². The van der Waals surface area contributed by atoms with Crippen LogP contribution in [0.25, 0.3) is 0 Å². The first-order valence-corrected chi connectivity index (χ1v) is 22.1. The topological polar surface area (TPSA) is 105 Å². The summed E-state index contributed by atoms with van der Waals surface area (Å²) in [6.07, 6.45) is 0. The molecule has 0 fully saturated rings. The molecule has 288 valence electrons. The van der Waals surface area contributed by atoms with E-state index < -0.39 is 19.7 Å². The summed E-state index contributed by atoms with van der Waals surface area (Å²) in [7, 11) is -7.58. The fraction of sp³-hybridized carbons (Fsp3) is 0.0667. The molecule has 0 amide bonds. The maximum Gasteiger partial charge on any atom is 0.206 e. The predicted molar refractivity (Wildman–Crippen MR) is 226 cm³/mol. The van der Waals surface area contributed by atoms with Crippen LogP contribution in [0.2, 0.25) is 0 Å². The van der Waals surface area contributed by atoms with Gasteiger partial charge in [0.2, 0.25) is 19.7 Å². The van der Waals surface area contributed by atoms with Crippen LogP contribution >= 0.6 is 31.9 Å². The largest absolute Gasteiger partial charge is 0.457 e. The van der Waals surface area contributed by atoms with Gasteiger partial charge in [-0.1, -0.05) is 37.9 Å². The zero-order valence-electron chi connectivity index (χ0n) is 30.8. The lowest BCUT2D eigenvalue weighted by Gasteiger charge is -2.13. The normalized spacial score (nSPS) is 11.5. The Labute approximate surface area is 348 Å². The lowest BCUT2D eigenvalue weighted by Crippen LogP contribution is -2.02. The highest BCUT2D eigenvalue weighted by atomic mass is 79.9. The van der Waals surface area contributed by atoms with Crippen LogP contribution < -0.4 is 18.9 Å². The summed E-state index contributed by atoms with van der Waals surface area (Å²) in [5.74, 6) is 4.39. The Bertz CT molecular complexity index is 2790. The van der Waals surface area contributed by atoms with Gasteiger partial charge in [-0.05, 0) is 177 Å². The molecule has 12 heteroatoms. The molecule has 0 bridgehead atoms. The van der Waals surface area contributed by atoms with Crippen molar-refractivity contribution in [3.8, 4) is 46.0 Å². The monoisotopic (exact) mass is 924 g/mol. The Morgan fingerprint density at radius 2 is 0.754 bits per heavy atom. The van der Waals surface area contributed by atoms with Gasteiger partial charge < -0.3 is 18.9 Å². The molecule has 0 atom stereocenters. The van der Waals surface area contributed by atoms with E-state index in [0.717, 1.165) is 25.6 Å². The fourth-order valence-electron chi connectivity index (χ4n) is 5.76. The Morgan fingerprint density at radius 3 is 1.18 bits per heavy atom. The van der Waals surface area contributed by atoms with Crippen molar-refractivity contribution >= 4 is 51.5 Å². The van der Waals surface area contributed by atoms with Crippen LogP contribution in [0.4, 0.5) is 0 Å². The molecule has 7 rings (SSSR count). The third-order valence-electron chi connectivity index (χ3n) is 8.96. The second-order valence-electron chi connectivity index (χ2n) is 13.0. The second kappa shape index (κ2) is 16.6. The summed E-state index contributed by atoms with van der Waals surface area (Å²) in [5.41, 5.74) is 2.65. The standard InChI is InChI=1S/C45H34Br2O8S2/c1-29-27-32(46)7-25-43(29)53-34-10-19-39(20-11-34)56(48,49)38-17-8-33(9-18-38)52-37-16-26-44(30(2)28-37)54-35-12-21-40(22-13-35)57(50,51)41-23-14-36(15-24-41)55-45-6-4-5-42(47)31(45)3/h4-28H,1-3H3. The molecule has 0 unspecified atom stereocenters. The number of rotatable bonds is 12. The molecule has 0 spiro atoms. The molecule has 0 aliphatic rings. The van der Waals surface area contributed by atoms with Gasteiger partial charge >= 0.3 is 0 Å². The molecule has 57 heavy (non-hydrogen) atoms. The van der Waals surface area contributed by atoms with E-state index in [2.05, 4.69) is 31.9 Å². The summed E-state index contributed by atoms with van der Waals surface area (Å²) >= 11 is 6.93. The number of hydrogen-bond donors (Lipinski definition) is 0. The minimum atomic E-state index is -3.79. The first kappa shape index (κ1) is 39.8. The second-order valence-corrected chi connectivity index (χ2v) is 18.7. The third kappa shape index (κ3) is 9.10. The van der Waals surface area contributed by atoms with Gasteiger partial charge in [-0.2, -0.15) is 0 Å². The van der Waals surface area contributed by atoms with Crippen molar-refractivity contribution in [3.63, 3.8) is 0 Å². The Kier molecular flexibility index (Phi) is 11.6. The molecular formula is C45H34Br2O8S2. The number of aryl methyl sites for hydroxylation is 2. The molecule has 0 N–H and O–H groups in total. The van der Waals surface area contributed by atoms with E-state index in [4.69, 9.17) is 18.9 Å². The van der Waals surface area contributed by atoms with Gasteiger partial charge in [-0.15, -0.1) is 0 Å². The maximum atomic E-state index is 13.4. The summed E-state index contributed by atoms with van der Waals surface area (Å²) < 4.78 is 79.4. The predicted octanol–water partition coefficient (Wildman–Crippen LogP) is 13.0. The van der Waals surface area contributed by atoms with E-state index in [1.165, 1.54) is 48.5 Å². The Balaban J connectivity index is 0.958. The van der Waals surface area contributed by atoms with Crippen LogP contribution in [0.1, 0.15) is 16.7 Å². The molecule has 0 radical (unpaired) electrons. The molecule has 0 aliphatic carbocycles. The molecule has 7 aromatic rings. The van der Waals surface area contributed by atoms with Gasteiger partial charge in [-0.3, -0.25) is 0 Å². The van der Waals surface area contributed by atoms with Crippen LogP contribution in [-0.4, -0.2) is 16.8 Å². The van der Waals surface area contributed by atoms with Crippen molar-refractivity contribution < 1.29 is 35.8 Å². The quantitative estimate of drug-likeness (QED) is 0.119. The summed E-state index contributed by atoms with van der Waals surface area (Å²) in [6, 6.07) is 41.6. The summed E-state index contributed by atoms with van der Waals surface area (Å²) in [6.45, 7) is 5.73. The van der Waals surface area contributed by atoms with E-state index in [1.54, 1.807) is 66.7 Å². The minimum Gasteiger partial charge on any atom is -0.457 e. The van der Waals surface area contributed by atoms with Crippen molar-refractivity contribution in [2.45, 2.75) is 40.4 Å². The van der Waals surface area contributed by atoms with Gasteiger partial charge in [0, 0.05) is 14.5 Å². The van der Waals surface area contributed by atoms with Crippen molar-refractivity contribution in [3.05, 3.63) is 177 Å². The maximum absolute atomic E-state index is 13.4. The van der Waals surface area contributed by atoms with Gasteiger partial charge in [0.25, 0.3) is 0 Å². The molecule has 0 saturated carbocycles. The van der Waals surface area contributed by atoms with Crippen molar-refractivity contribution in [2.75, 3.05) is 0 Å². The number of benzene rings is 7. The summed E-state index contributed by atoms with van der Waals surface area (Å²) in [5, 5.41) is 0. The van der Waals surface area contributed by atoms with Crippen LogP contribution in [0.5, 0.6) is 46.0 Å². The smallest absolute Gasteiger partial charge is 0.206 e. The van der Waals surface area contributed by atoms with Crippen LogP contribution in [0.3, 0.4) is 0 Å². The summed E-state index contributed by atoms with van der Waals surface area (Å²) in [4.78, 5) is 0.533. The van der Waals surface area contributed by atoms with Gasteiger partial charge in [-0.25, -0.2) is 16.8 Å². The Morgan fingerprint density at radius 1 is 0.386 bits per heavy atom. The van der Waals surface area contributed by atoms with E-state index in [0.29, 0.717) is 46.0 Å². The Hall–Kier alpha value is -5.40. The minimum absolute atomic E-state index is 0.126. The molecule has 0 heterocycles. The van der Waals surface area contributed by atoms with Gasteiger partial charge in [0.05, 0.1) is 19.6 Å². The molecule has 8 nitrogen and oxygen atoms in total. The highest BCUT2D eigenvalue weighted by molar-refractivity contribution is 9.10. The van der Waals surface area contributed by atoms with Crippen molar-refractivity contribution in [2.24, 2.45) is 0 Å². The number of sulfone groups is 2. The average Bonchev–Trinajstić information content (AvgIpc) is 3.20. The fourth-order valence-corrected chi connectivity index (χ4v) is 9.11.